The average Bonchev–Trinajstić information content (AvgIpc) is 2.91. The van der Waals surface area contributed by atoms with Crippen LogP contribution < -0.4 is 4.74 Å². The Morgan fingerprint density at radius 2 is 2.04 bits per heavy atom. The molecule has 0 aromatic heterocycles. The fraction of sp³-hybridized carbons (Fsp3) is 0.625. The Morgan fingerprint density at radius 3 is 2.70 bits per heavy atom. The Balaban J connectivity index is 1.56. The second kappa shape index (κ2) is 7.09. The van der Waals surface area contributed by atoms with Crippen LogP contribution in [-0.2, 0) is 4.74 Å². The van der Waals surface area contributed by atoms with Gasteiger partial charge in [0.25, 0.3) is 0 Å². The Kier molecular flexibility index (Phi) is 5.11. The molecule has 3 atom stereocenters. The van der Waals surface area contributed by atoms with Crippen molar-refractivity contribution < 1.29 is 23.4 Å². The van der Waals surface area contributed by atoms with Gasteiger partial charge in [0, 0.05) is 32.2 Å². The molecule has 0 radical (unpaired) electrons. The summed E-state index contributed by atoms with van der Waals surface area (Å²) in [6.45, 7) is 1.02. The van der Waals surface area contributed by atoms with Crippen LogP contribution in [-0.4, -0.2) is 73.5 Å². The van der Waals surface area contributed by atoms with Gasteiger partial charge in [-0.1, -0.05) is 12.1 Å². The van der Waals surface area contributed by atoms with Crippen molar-refractivity contribution in [3.63, 3.8) is 0 Å². The van der Waals surface area contributed by atoms with Crippen LogP contribution in [0.3, 0.4) is 0 Å². The summed E-state index contributed by atoms with van der Waals surface area (Å²) in [5.41, 5.74) is 0.691. The fourth-order valence-electron chi connectivity index (χ4n) is 3.30. The maximum atomic E-state index is 12.1. The number of rotatable bonds is 5. The molecule has 0 spiro atoms. The number of hydrogen-bond donors (Lipinski definition) is 1. The molecule has 0 bridgehead atoms. The van der Waals surface area contributed by atoms with Crippen LogP contribution in [0.1, 0.15) is 11.7 Å². The van der Waals surface area contributed by atoms with E-state index in [4.69, 9.17) is 4.74 Å². The van der Waals surface area contributed by atoms with E-state index in [0.29, 0.717) is 18.2 Å². The Hall–Kier alpha value is -1.28. The molecule has 2 heterocycles. The summed E-state index contributed by atoms with van der Waals surface area (Å²) < 4.78 is 34.4. The van der Waals surface area contributed by atoms with E-state index in [2.05, 4.69) is 21.6 Å². The fourth-order valence-corrected chi connectivity index (χ4v) is 3.30. The molecule has 7 heteroatoms. The lowest BCUT2D eigenvalue weighted by atomic mass is 10.1. The SMILES string of the molecule is CN1CCOC2CN(CC(O)c3ccc(OC(F)F)cc3)CC21. The Bertz CT molecular complexity index is 515. The molecule has 2 aliphatic rings. The highest BCUT2D eigenvalue weighted by atomic mass is 19.3. The molecular formula is C16H22F2N2O3. The van der Waals surface area contributed by atoms with Gasteiger partial charge in [-0.3, -0.25) is 9.80 Å². The molecule has 2 fully saturated rings. The molecule has 5 nitrogen and oxygen atoms in total. The Labute approximate surface area is 134 Å². The zero-order valence-electron chi connectivity index (χ0n) is 13.1. The first-order valence-corrected chi connectivity index (χ1v) is 7.80. The number of nitrogens with zero attached hydrogens (tertiary/aromatic N) is 2. The van der Waals surface area contributed by atoms with Crippen molar-refractivity contribution >= 4 is 0 Å². The first-order chi connectivity index (χ1) is 11.0. The van der Waals surface area contributed by atoms with E-state index >= 15 is 0 Å². The van der Waals surface area contributed by atoms with Gasteiger partial charge in [-0.2, -0.15) is 8.78 Å². The van der Waals surface area contributed by atoms with Crippen molar-refractivity contribution in [3.8, 4) is 5.75 Å². The predicted molar refractivity (Wildman–Crippen MR) is 80.6 cm³/mol. The van der Waals surface area contributed by atoms with E-state index in [1.807, 2.05) is 0 Å². The van der Waals surface area contributed by atoms with Crippen molar-refractivity contribution in [1.82, 2.24) is 9.80 Å². The second-order valence-electron chi connectivity index (χ2n) is 6.14. The summed E-state index contributed by atoms with van der Waals surface area (Å²) in [5.74, 6) is 0.0955. The highest BCUT2D eigenvalue weighted by Gasteiger charge is 2.38. The lowest BCUT2D eigenvalue weighted by Gasteiger charge is -2.33. The quantitative estimate of drug-likeness (QED) is 0.884. The van der Waals surface area contributed by atoms with Crippen LogP contribution in [0.4, 0.5) is 8.78 Å². The molecule has 0 amide bonds. The van der Waals surface area contributed by atoms with Crippen LogP contribution in [0.15, 0.2) is 24.3 Å². The number of likely N-dealkylation sites (tertiary alicyclic amines) is 1. The van der Waals surface area contributed by atoms with Gasteiger partial charge in [-0.15, -0.1) is 0 Å². The molecule has 0 aliphatic carbocycles. The third-order valence-electron chi connectivity index (χ3n) is 4.58. The smallest absolute Gasteiger partial charge is 0.387 e. The van der Waals surface area contributed by atoms with Crippen molar-refractivity contribution in [3.05, 3.63) is 29.8 Å². The summed E-state index contributed by atoms with van der Waals surface area (Å²) in [6, 6.07) is 6.51. The molecule has 1 N–H and O–H groups in total. The van der Waals surface area contributed by atoms with Crippen molar-refractivity contribution in [1.29, 1.82) is 0 Å². The molecule has 1 aromatic rings. The number of halogens is 2. The standard InChI is InChI=1S/C16H22F2N2O3/c1-19-6-7-22-15-10-20(8-13(15)19)9-14(21)11-2-4-12(5-3-11)23-16(17)18/h2-5,13-16,21H,6-10H2,1H3. The number of aliphatic hydroxyl groups is 1. The molecular weight excluding hydrogens is 306 g/mol. The molecule has 2 saturated heterocycles. The first-order valence-electron chi connectivity index (χ1n) is 7.80. The van der Waals surface area contributed by atoms with E-state index < -0.39 is 12.7 Å². The molecule has 128 valence electrons. The van der Waals surface area contributed by atoms with E-state index in [1.54, 1.807) is 12.1 Å². The van der Waals surface area contributed by atoms with E-state index in [0.717, 1.165) is 26.2 Å². The van der Waals surface area contributed by atoms with Gasteiger partial charge < -0.3 is 14.6 Å². The zero-order chi connectivity index (χ0) is 16.4. The van der Waals surface area contributed by atoms with Gasteiger partial charge in [0.05, 0.1) is 18.8 Å². The Morgan fingerprint density at radius 1 is 1.30 bits per heavy atom. The number of morpholine rings is 1. The maximum Gasteiger partial charge on any atom is 0.387 e. The third-order valence-corrected chi connectivity index (χ3v) is 4.58. The number of hydrogen-bond acceptors (Lipinski definition) is 5. The maximum absolute atomic E-state index is 12.1. The average molecular weight is 328 g/mol. The van der Waals surface area contributed by atoms with Gasteiger partial charge in [0.15, 0.2) is 0 Å². The molecule has 2 aliphatic heterocycles. The van der Waals surface area contributed by atoms with Gasteiger partial charge in [0.1, 0.15) is 5.75 Å². The number of ether oxygens (including phenoxy) is 2. The lowest BCUT2D eigenvalue weighted by Crippen LogP contribution is -2.48. The molecule has 1 aromatic carbocycles. The number of alkyl halides is 2. The number of aliphatic hydroxyl groups excluding tert-OH is 1. The van der Waals surface area contributed by atoms with Crippen LogP contribution in [0.25, 0.3) is 0 Å². The summed E-state index contributed by atoms with van der Waals surface area (Å²) in [4.78, 5) is 4.49. The number of likely N-dealkylation sites (N-methyl/N-ethyl adjacent to an activating group) is 1. The number of benzene rings is 1. The minimum Gasteiger partial charge on any atom is -0.435 e. The minimum absolute atomic E-state index is 0.0955. The normalized spacial score (nSPS) is 27.2. The van der Waals surface area contributed by atoms with E-state index in [1.165, 1.54) is 12.1 Å². The van der Waals surface area contributed by atoms with Gasteiger partial charge >= 0.3 is 6.61 Å². The number of fused-ring (bicyclic) bond motifs is 1. The van der Waals surface area contributed by atoms with Gasteiger partial charge in [0.2, 0.25) is 0 Å². The highest BCUT2D eigenvalue weighted by molar-refractivity contribution is 5.28. The lowest BCUT2D eigenvalue weighted by molar-refractivity contribution is -0.0498. The monoisotopic (exact) mass is 328 g/mol. The zero-order valence-corrected chi connectivity index (χ0v) is 13.1. The summed E-state index contributed by atoms with van der Waals surface area (Å²) in [5, 5.41) is 10.4. The van der Waals surface area contributed by atoms with Crippen LogP contribution >= 0.6 is 0 Å². The summed E-state index contributed by atoms with van der Waals surface area (Å²) in [7, 11) is 2.10. The molecule has 23 heavy (non-hydrogen) atoms. The summed E-state index contributed by atoms with van der Waals surface area (Å²) >= 11 is 0. The van der Waals surface area contributed by atoms with Crippen LogP contribution in [0.5, 0.6) is 5.75 Å². The topological polar surface area (TPSA) is 45.2 Å². The summed E-state index contributed by atoms with van der Waals surface area (Å²) in [6.07, 6.45) is -0.469. The molecule has 3 unspecified atom stereocenters. The number of β-amino-alcohol motifs (C(OH)–C–C–N with tert-alkyl or cyclic N) is 1. The van der Waals surface area contributed by atoms with E-state index in [9.17, 15) is 13.9 Å². The molecule has 3 rings (SSSR count). The highest BCUT2D eigenvalue weighted by Crippen LogP contribution is 2.25. The van der Waals surface area contributed by atoms with Gasteiger partial charge in [-0.25, -0.2) is 0 Å². The van der Waals surface area contributed by atoms with Crippen molar-refractivity contribution in [2.45, 2.75) is 24.9 Å². The predicted octanol–water partition coefficient (Wildman–Crippen LogP) is 1.34. The minimum atomic E-state index is -2.84. The third kappa shape index (κ3) is 3.98. The van der Waals surface area contributed by atoms with Crippen LogP contribution in [0.2, 0.25) is 0 Å². The van der Waals surface area contributed by atoms with Crippen molar-refractivity contribution in [2.24, 2.45) is 0 Å². The van der Waals surface area contributed by atoms with Crippen molar-refractivity contribution in [2.75, 3.05) is 39.8 Å². The first kappa shape index (κ1) is 16.6. The van der Waals surface area contributed by atoms with E-state index in [-0.39, 0.29) is 11.9 Å². The molecule has 0 saturated carbocycles. The second-order valence-corrected chi connectivity index (χ2v) is 6.14. The van der Waals surface area contributed by atoms with Gasteiger partial charge in [-0.05, 0) is 24.7 Å². The van der Waals surface area contributed by atoms with Crippen LogP contribution in [0, 0.1) is 0 Å². The largest absolute Gasteiger partial charge is 0.435 e.